The Morgan fingerprint density at radius 2 is 2.05 bits per heavy atom. The lowest BCUT2D eigenvalue weighted by molar-refractivity contribution is 0.229. The van der Waals surface area contributed by atoms with Crippen LogP contribution in [0.4, 0.5) is 11.8 Å². The van der Waals surface area contributed by atoms with E-state index >= 15 is 0 Å². The van der Waals surface area contributed by atoms with Gasteiger partial charge < -0.3 is 16.6 Å². The molecule has 6 heteroatoms. The molecular weight excluding hydrogens is 242 g/mol. The summed E-state index contributed by atoms with van der Waals surface area (Å²) in [6, 6.07) is 3.56. The molecule has 2 aromatic heterocycles. The molecule has 0 aliphatic heterocycles. The molecule has 0 aliphatic rings. The van der Waals surface area contributed by atoms with Gasteiger partial charge in [-0.15, -0.1) is 0 Å². The van der Waals surface area contributed by atoms with E-state index in [-0.39, 0.29) is 5.95 Å². The molecule has 6 nitrogen and oxygen atoms in total. The van der Waals surface area contributed by atoms with Gasteiger partial charge in [-0.2, -0.15) is 4.98 Å². The van der Waals surface area contributed by atoms with Gasteiger partial charge in [-0.1, -0.05) is 20.3 Å². The molecule has 104 valence electrons. The Kier molecular flexibility index (Phi) is 5.95. The fraction of sp³-hybridized carbons (Fsp3) is 0.462. The molecule has 0 fully saturated rings. The van der Waals surface area contributed by atoms with Crippen LogP contribution in [0.25, 0.3) is 11.0 Å². The first kappa shape index (κ1) is 15.1. The molecule has 0 aliphatic carbocycles. The number of aromatic nitrogens is 3. The minimum absolute atomic E-state index is 0.174. The summed E-state index contributed by atoms with van der Waals surface area (Å²) in [5.41, 5.74) is 12.2. The Morgan fingerprint density at radius 1 is 1.32 bits per heavy atom. The van der Waals surface area contributed by atoms with Gasteiger partial charge in [-0.05, 0) is 24.5 Å². The number of aliphatic hydroxyl groups is 1. The lowest BCUT2D eigenvalue weighted by Crippen LogP contribution is -2.01. The van der Waals surface area contributed by atoms with E-state index in [0.717, 1.165) is 6.42 Å². The molecule has 0 amide bonds. The summed E-state index contributed by atoms with van der Waals surface area (Å²) in [7, 11) is 0. The van der Waals surface area contributed by atoms with E-state index in [2.05, 4.69) is 28.8 Å². The van der Waals surface area contributed by atoms with E-state index in [1.165, 1.54) is 6.42 Å². The predicted molar refractivity (Wildman–Crippen MR) is 77.3 cm³/mol. The van der Waals surface area contributed by atoms with Crippen LogP contribution in [0.15, 0.2) is 18.3 Å². The summed E-state index contributed by atoms with van der Waals surface area (Å²) in [6.07, 6.45) is 3.97. The van der Waals surface area contributed by atoms with E-state index in [1.807, 2.05) is 0 Å². The predicted octanol–water partition coefficient (Wildman–Crippen LogP) is 1.60. The monoisotopic (exact) mass is 263 g/mol. The number of nitrogens with zero attached hydrogens (tertiary/aromatic N) is 3. The first-order valence-corrected chi connectivity index (χ1v) is 6.33. The highest BCUT2D eigenvalue weighted by atomic mass is 16.3. The van der Waals surface area contributed by atoms with Crippen molar-refractivity contribution in [2.45, 2.75) is 26.7 Å². The molecule has 5 N–H and O–H groups in total. The standard InChI is InChI=1S/C7H7N5.C6H14O/c8-6-5-4(2-1-3-10-5)11-7(9)12-6;1-3-4-6(2)5-7/h1-3H,(H4,8,9,11,12);6-7H,3-5H2,1-2H3. The average Bonchev–Trinajstić information content (AvgIpc) is 2.39. The van der Waals surface area contributed by atoms with Crippen LogP contribution >= 0.6 is 0 Å². The van der Waals surface area contributed by atoms with Crippen LogP contribution < -0.4 is 11.5 Å². The van der Waals surface area contributed by atoms with Gasteiger partial charge >= 0.3 is 0 Å². The van der Waals surface area contributed by atoms with E-state index in [4.69, 9.17) is 16.6 Å². The number of pyridine rings is 1. The Morgan fingerprint density at radius 3 is 2.63 bits per heavy atom. The second-order valence-electron chi connectivity index (χ2n) is 4.41. The minimum atomic E-state index is 0.174. The van der Waals surface area contributed by atoms with Gasteiger partial charge in [0.05, 0.1) is 5.52 Å². The minimum Gasteiger partial charge on any atom is -0.396 e. The fourth-order valence-corrected chi connectivity index (χ4v) is 1.59. The summed E-state index contributed by atoms with van der Waals surface area (Å²) in [6.45, 7) is 4.53. The second kappa shape index (κ2) is 7.48. The van der Waals surface area contributed by atoms with Crippen molar-refractivity contribution in [3.63, 3.8) is 0 Å². The van der Waals surface area contributed by atoms with Gasteiger partial charge in [0.2, 0.25) is 5.95 Å². The first-order valence-electron chi connectivity index (χ1n) is 6.33. The number of nitrogen functional groups attached to an aromatic ring is 2. The highest BCUT2D eigenvalue weighted by molar-refractivity contribution is 5.84. The molecule has 1 unspecified atom stereocenters. The number of rotatable bonds is 3. The zero-order valence-corrected chi connectivity index (χ0v) is 11.4. The Hall–Kier alpha value is -1.95. The maximum Gasteiger partial charge on any atom is 0.222 e. The maximum atomic E-state index is 8.47. The van der Waals surface area contributed by atoms with Gasteiger partial charge in [-0.25, -0.2) is 4.98 Å². The van der Waals surface area contributed by atoms with Gasteiger partial charge in [0.25, 0.3) is 0 Å². The number of fused-ring (bicyclic) bond motifs is 1. The van der Waals surface area contributed by atoms with Crippen molar-refractivity contribution >= 4 is 22.8 Å². The van der Waals surface area contributed by atoms with Crippen molar-refractivity contribution < 1.29 is 5.11 Å². The van der Waals surface area contributed by atoms with Gasteiger partial charge in [0, 0.05) is 12.8 Å². The normalized spacial score (nSPS) is 11.7. The molecule has 0 spiro atoms. The van der Waals surface area contributed by atoms with Crippen molar-refractivity contribution in [3.05, 3.63) is 18.3 Å². The molecule has 0 saturated heterocycles. The number of anilines is 2. The number of hydrogen-bond donors (Lipinski definition) is 3. The zero-order valence-electron chi connectivity index (χ0n) is 11.4. The van der Waals surface area contributed by atoms with Crippen LogP contribution in [-0.4, -0.2) is 26.7 Å². The van der Waals surface area contributed by atoms with Gasteiger partial charge in [0.1, 0.15) is 5.52 Å². The van der Waals surface area contributed by atoms with Crippen LogP contribution in [-0.2, 0) is 0 Å². The lowest BCUT2D eigenvalue weighted by atomic mass is 10.1. The van der Waals surface area contributed by atoms with Crippen LogP contribution in [0.1, 0.15) is 26.7 Å². The fourth-order valence-electron chi connectivity index (χ4n) is 1.59. The van der Waals surface area contributed by atoms with E-state index in [0.29, 0.717) is 29.4 Å². The van der Waals surface area contributed by atoms with Gasteiger partial charge in [0.15, 0.2) is 5.82 Å². The third-order valence-electron chi connectivity index (χ3n) is 2.59. The highest BCUT2D eigenvalue weighted by Gasteiger charge is 2.01. The summed E-state index contributed by atoms with van der Waals surface area (Å²) in [5, 5.41) is 8.47. The summed E-state index contributed by atoms with van der Waals surface area (Å²) >= 11 is 0. The van der Waals surface area contributed by atoms with Crippen molar-refractivity contribution in [1.82, 2.24) is 15.0 Å². The third kappa shape index (κ3) is 4.67. The number of hydrogen-bond acceptors (Lipinski definition) is 6. The molecule has 19 heavy (non-hydrogen) atoms. The van der Waals surface area contributed by atoms with Crippen LogP contribution in [0.3, 0.4) is 0 Å². The molecule has 1 atom stereocenters. The summed E-state index contributed by atoms with van der Waals surface area (Å²) in [5.74, 6) is 0.996. The van der Waals surface area contributed by atoms with Crippen LogP contribution in [0.2, 0.25) is 0 Å². The number of nitrogens with two attached hydrogens (primary N) is 2. The maximum absolute atomic E-state index is 8.47. The quantitative estimate of drug-likeness (QED) is 0.775. The van der Waals surface area contributed by atoms with Crippen molar-refractivity contribution in [3.8, 4) is 0 Å². The Bertz CT molecular complexity index is 517. The Balaban J connectivity index is 0.000000224. The van der Waals surface area contributed by atoms with Crippen molar-refractivity contribution in [1.29, 1.82) is 0 Å². The Labute approximate surface area is 112 Å². The van der Waals surface area contributed by atoms with Crippen molar-refractivity contribution in [2.75, 3.05) is 18.1 Å². The number of aliphatic hydroxyl groups excluding tert-OH is 1. The molecule has 0 saturated carbocycles. The molecule has 0 aromatic carbocycles. The largest absolute Gasteiger partial charge is 0.396 e. The topological polar surface area (TPSA) is 111 Å². The van der Waals surface area contributed by atoms with Gasteiger partial charge in [-0.3, -0.25) is 4.98 Å². The summed E-state index contributed by atoms with van der Waals surface area (Å²) < 4.78 is 0. The lowest BCUT2D eigenvalue weighted by Gasteiger charge is -2.01. The molecule has 2 heterocycles. The second-order valence-corrected chi connectivity index (χ2v) is 4.41. The molecular formula is C13H21N5O. The van der Waals surface area contributed by atoms with Crippen molar-refractivity contribution in [2.24, 2.45) is 5.92 Å². The zero-order chi connectivity index (χ0) is 14.3. The smallest absolute Gasteiger partial charge is 0.222 e. The van der Waals surface area contributed by atoms with Crippen LogP contribution in [0, 0.1) is 5.92 Å². The van der Waals surface area contributed by atoms with E-state index < -0.39 is 0 Å². The third-order valence-corrected chi connectivity index (χ3v) is 2.59. The first-order chi connectivity index (χ1) is 9.08. The van der Waals surface area contributed by atoms with Crippen LogP contribution in [0.5, 0.6) is 0 Å². The average molecular weight is 263 g/mol. The van der Waals surface area contributed by atoms with E-state index in [9.17, 15) is 0 Å². The SMILES string of the molecule is CCCC(C)CO.Nc1nc(N)c2ncccc2n1. The molecule has 2 aromatic rings. The molecule has 0 bridgehead atoms. The van der Waals surface area contributed by atoms with E-state index in [1.54, 1.807) is 18.3 Å². The molecule has 2 rings (SSSR count). The molecule has 0 radical (unpaired) electrons. The summed E-state index contributed by atoms with van der Waals surface area (Å²) in [4.78, 5) is 11.8. The highest BCUT2D eigenvalue weighted by Crippen LogP contribution is 2.14.